The maximum Gasteiger partial charge on any atom is 0.320 e. The number of carboxylic acids is 1. The number of benzene rings is 2. The molecule has 2 rings (SSSR count). The molecule has 130 valence electrons. The lowest BCUT2D eigenvalue weighted by Gasteiger charge is -2.02. The molecule has 0 amide bonds. The monoisotopic (exact) mass is 331 g/mol. The molecule has 0 saturated heterocycles. The maximum absolute atomic E-state index is 10.5. The predicted octanol–water partition coefficient (Wildman–Crippen LogP) is 2.47. The van der Waals surface area contributed by atoms with Crippen LogP contribution in [-0.4, -0.2) is 29.9 Å². The molecule has 1 atom stereocenters. The first-order valence-corrected chi connectivity index (χ1v) is 7.37. The first-order valence-electron chi connectivity index (χ1n) is 7.37. The Morgan fingerprint density at radius 2 is 1.58 bits per heavy atom. The molecular formula is C18H25N3O3. The van der Waals surface area contributed by atoms with Gasteiger partial charge in [-0.05, 0) is 30.5 Å². The van der Waals surface area contributed by atoms with Crippen LogP contribution in [0.4, 0.5) is 0 Å². The number of rotatable bonds is 6. The molecule has 0 bridgehead atoms. The first kappa shape index (κ1) is 21.5. The van der Waals surface area contributed by atoms with E-state index in [1.54, 1.807) is 0 Å². The van der Waals surface area contributed by atoms with Gasteiger partial charge in [-0.25, -0.2) is 0 Å². The van der Waals surface area contributed by atoms with Crippen LogP contribution in [0.1, 0.15) is 23.2 Å². The fourth-order valence-corrected chi connectivity index (χ4v) is 1.85. The van der Waals surface area contributed by atoms with Gasteiger partial charge in [-0.15, -0.1) is 0 Å². The minimum absolute atomic E-state index is 0. The lowest BCUT2D eigenvalue weighted by Crippen LogP contribution is -2.30. The highest BCUT2D eigenvalue weighted by atomic mass is 16.4. The zero-order chi connectivity index (χ0) is 17.1. The van der Waals surface area contributed by atoms with Crippen LogP contribution in [-0.2, 0) is 4.79 Å². The normalized spacial score (nSPS) is 10.6. The lowest BCUT2D eigenvalue weighted by atomic mass is 10.0. The molecule has 8 N–H and O–H groups in total. The minimum Gasteiger partial charge on any atom is -0.480 e. The number of carboxylic acid groups (broad SMARTS) is 1. The summed E-state index contributed by atoms with van der Waals surface area (Å²) in [6.45, 7) is 0.501. The number of carbonyl (C=O) groups excluding carboxylic acids is 1. The van der Waals surface area contributed by atoms with Crippen LogP contribution in [0.5, 0.6) is 0 Å². The van der Waals surface area contributed by atoms with E-state index in [0.717, 1.165) is 11.8 Å². The van der Waals surface area contributed by atoms with Gasteiger partial charge >= 0.3 is 5.97 Å². The molecular weight excluding hydrogens is 306 g/mol. The number of hydrogen-bond donors (Lipinski definition) is 4. The van der Waals surface area contributed by atoms with Crippen LogP contribution < -0.4 is 17.6 Å². The number of aliphatic carboxylic acids is 1. The molecule has 0 saturated carbocycles. The molecule has 0 aliphatic rings. The zero-order valence-electron chi connectivity index (χ0n) is 13.6. The zero-order valence-corrected chi connectivity index (χ0v) is 13.6. The lowest BCUT2D eigenvalue weighted by molar-refractivity contribution is -0.138. The van der Waals surface area contributed by atoms with Crippen molar-refractivity contribution in [3.05, 3.63) is 60.2 Å². The van der Waals surface area contributed by atoms with Crippen molar-refractivity contribution in [2.45, 2.75) is 18.9 Å². The largest absolute Gasteiger partial charge is 0.480 e. The van der Waals surface area contributed by atoms with Gasteiger partial charge in [-0.1, -0.05) is 54.6 Å². The molecule has 6 heteroatoms. The van der Waals surface area contributed by atoms with E-state index < -0.39 is 12.0 Å². The summed E-state index contributed by atoms with van der Waals surface area (Å²) in [5, 5.41) is 8.24. The van der Waals surface area contributed by atoms with Gasteiger partial charge in [0.05, 0.1) is 0 Å². The van der Waals surface area contributed by atoms with Crippen LogP contribution in [0.3, 0.4) is 0 Å². The quantitative estimate of drug-likeness (QED) is 0.599. The molecule has 2 aromatic rings. The number of nitrogens with two attached hydrogens (primary N) is 2. The molecule has 2 aromatic carbocycles. The molecule has 0 fully saturated rings. The Morgan fingerprint density at radius 1 is 1.04 bits per heavy atom. The van der Waals surface area contributed by atoms with E-state index in [9.17, 15) is 9.59 Å². The summed E-state index contributed by atoms with van der Waals surface area (Å²) in [6, 6.07) is 16.9. The third-order valence-electron chi connectivity index (χ3n) is 3.19. The smallest absolute Gasteiger partial charge is 0.320 e. The van der Waals surface area contributed by atoms with Crippen molar-refractivity contribution >= 4 is 12.3 Å². The number of hydrogen-bond acceptors (Lipinski definition) is 5. The molecule has 24 heavy (non-hydrogen) atoms. The second-order valence-electron chi connectivity index (χ2n) is 4.98. The highest BCUT2D eigenvalue weighted by molar-refractivity contribution is 5.76. The second kappa shape index (κ2) is 12.0. The molecule has 0 heterocycles. The highest BCUT2D eigenvalue weighted by Crippen LogP contribution is 2.18. The molecule has 0 spiro atoms. The number of carbonyl (C=O) groups is 2. The summed E-state index contributed by atoms with van der Waals surface area (Å²) in [4.78, 5) is 20.5. The van der Waals surface area contributed by atoms with Gasteiger partial charge in [0, 0.05) is 5.56 Å². The van der Waals surface area contributed by atoms with Crippen molar-refractivity contribution in [1.82, 2.24) is 6.15 Å². The topological polar surface area (TPSA) is 141 Å². The third kappa shape index (κ3) is 7.64. The van der Waals surface area contributed by atoms with Crippen molar-refractivity contribution in [3.63, 3.8) is 0 Å². The average molecular weight is 331 g/mol. The van der Waals surface area contributed by atoms with E-state index in [4.69, 9.17) is 16.6 Å². The van der Waals surface area contributed by atoms with Gasteiger partial charge in [0.2, 0.25) is 0 Å². The van der Waals surface area contributed by atoms with Gasteiger partial charge in [0.1, 0.15) is 12.3 Å². The third-order valence-corrected chi connectivity index (χ3v) is 3.19. The second-order valence-corrected chi connectivity index (χ2v) is 4.98. The van der Waals surface area contributed by atoms with Crippen molar-refractivity contribution < 1.29 is 14.7 Å². The van der Waals surface area contributed by atoms with E-state index in [1.165, 1.54) is 5.56 Å². The highest BCUT2D eigenvalue weighted by Gasteiger charge is 2.08. The van der Waals surface area contributed by atoms with Crippen LogP contribution >= 0.6 is 0 Å². The van der Waals surface area contributed by atoms with Crippen molar-refractivity contribution in [2.75, 3.05) is 6.54 Å². The summed E-state index contributed by atoms with van der Waals surface area (Å²) in [5.41, 5.74) is 13.3. The Labute approximate surface area is 142 Å². The first-order chi connectivity index (χ1) is 11.1. The molecule has 0 aromatic heterocycles. The molecule has 0 aliphatic heterocycles. The summed E-state index contributed by atoms with van der Waals surface area (Å²) >= 11 is 0. The van der Waals surface area contributed by atoms with E-state index in [-0.39, 0.29) is 6.15 Å². The number of aldehydes is 1. The summed E-state index contributed by atoms with van der Waals surface area (Å²) in [5.74, 6) is -0.955. The van der Waals surface area contributed by atoms with E-state index in [2.05, 4.69) is 12.1 Å². The van der Waals surface area contributed by atoms with Crippen LogP contribution in [0.15, 0.2) is 54.6 Å². The fourth-order valence-electron chi connectivity index (χ4n) is 1.85. The van der Waals surface area contributed by atoms with Crippen LogP contribution in [0.25, 0.3) is 11.1 Å². The minimum atomic E-state index is -0.955. The van der Waals surface area contributed by atoms with Crippen molar-refractivity contribution in [2.24, 2.45) is 11.5 Å². The van der Waals surface area contributed by atoms with Gasteiger partial charge in [0.25, 0.3) is 0 Å². The fraction of sp³-hybridized carbons (Fsp3) is 0.222. The van der Waals surface area contributed by atoms with E-state index in [0.29, 0.717) is 24.9 Å². The van der Waals surface area contributed by atoms with Gasteiger partial charge in [0.15, 0.2) is 0 Å². The molecule has 0 unspecified atom stereocenters. The molecule has 0 radical (unpaired) electrons. The standard InChI is InChI=1S/C13H10O.C5H12N2O2.H3N/c14-10-11-6-8-13(9-7-11)12-4-2-1-3-5-12;6-3-1-2-4(7)5(8)9;/h1-10H;4H,1-3,6-7H2,(H,8,9);1H3/t;4-;/m.0./s1. The van der Waals surface area contributed by atoms with Crippen molar-refractivity contribution in [3.8, 4) is 11.1 Å². The van der Waals surface area contributed by atoms with Gasteiger partial charge < -0.3 is 22.7 Å². The van der Waals surface area contributed by atoms with Crippen LogP contribution in [0, 0.1) is 0 Å². The van der Waals surface area contributed by atoms with Gasteiger partial charge in [-0.2, -0.15) is 0 Å². The maximum atomic E-state index is 10.5. The summed E-state index contributed by atoms with van der Waals surface area (Å²) < 4.78 is 0. The van der Waals surface area contributed by atoms with Crippen molar-refractivity contribution in [1.29, 1.82) is 0 Å². The SMILES string of the molecule is N.NCCC[C@H](N)C(=O)O.O=Cc1ccc(-c2ccccc2)cc1. The Hall–Kier alpha value is -2.54. The van der Waals surface area contributed by atoms with E-state index >= 15 is 0 Å². The average Bonchev–Trinajstić information content (AvgIpc) is 2.61. The van der Waals surface area contributed by atoms with E-state index in [1.807, 2.05) is 42.5 Å². The Morgan fingerprint density at radius 3 is 2.04 bits per heavy atom. The Kier molecular flexibility index (Phi) is 10.7. The Bertz CT molecular complexity index is 601. The Balaban J connectivity index is 0.000000468. The predicted molar refractivity (Wildman–Crippen MR) is 96.2 cm³/mol. The summed E-state index contributed by atoms with van der Waals surface area (Å²) in [6.07, 6.45) is 1.99. The van der Waals surface area contributed by atoms with Crippen LogP contribution in [0.2, 0.25) is 0 Å². The molecule has 0 aliphatic carbocycles. The molecule has 6 nitrogen and oxygen atoms in total. The van der Waals surface area contributed by atoms with Gasteiger partial charge in [-0.3, -0.25) is 9.59 Å². The summed E-state index contributed by atoms with van der Waals surface area (Å²) in [7, 11) is 0.